The van der Waals surface area contributed by atoms with Gasteiger partial charge < -0.3 is 21.9 Å². The van der Waals surface area contributed by atoms with E-state index >= 15 is 0 Å². The van der Waals surface area contributed by atoms with Gasteiger partial charge in [-0.2, -0.15) is 0 Å². The fourth-order valence-electron chi connectivity index (χ4n) is 1.99. The van der Waals surface area contributed by atoms with E-state index in [9.17, 15) is 4.79 Å². The summed E-state index contributed by atoms with van der Waals surface area (Å²) in [4.78, 5) is 10.7. The molecule has 6 heteroatoms. The fraction of sp³-hybridized carbons (Fsp3) is 0.778. The molecule has 1 rings (SSSR count). The van der Waals surface area contributed by atoms with Crippen LogP contribution >= 0.6 is 0 Å². The van der Waals surface area contributed by atoms with E-state index < -0.39 is 17.4 Å². The van der Waals surface area contributed by atoms with E-state index in [0.29, 0.717) is 6.54 Å². The molecule has 1 saturated heterocycles. The topological polar surface area (TPSA) is 125 Å². The van der Waals surface area contributed by atoms with Crippen molar-refractivity contribution in [3.05, 3.63) is 0 Å². The van der Waals surface area contributed by atoms with Crippen LogP contribution in [0.2, 0.25) is 0 Å². The van der Waals surface area contributed by atoms with E-state index in [1.54, 1.807) is 0 Å². The summed E-state index contributed by atoms with van der Waals surface area (Å²) >= 11 is 0. The number of hydrogen-bond acceptors (Lipinski definition) is 4. The number of rotatable bonds is 4. The highest BCUT2D eigenvalue weighted by molar-refractivity contribution is 5.85. The van der Waals surface area contributed by atoms with Gasteiger partial charge in [0, 0.05) is 12.0 Å². The Balaban J connectivity index is 2.72. The number of carbonyl (C=O) groups is 1. The van der Waals surface area contributed by atoms with Gasteiger partial charge in [-0.25, -0.2) is 0 Å². The van der Waals surface area contributed by atoms with Gasteiger partial charge in [0.2, 0.25) is 0 Å². The normalized spacial score (nSPS) is 28.3. The number of carboxylic acid groups (broad SMARTS) is 1. The summed E-state index contributed by atoms with van der Waals surface area (Å²) < 4.78 is 0. The van der Waals surface area contributed by atoms with Gasteiger partial charge in [-0.05, 0) is 25.8 Å². The second kappa shape index (κ2) is 4.59. The van der Waals surface area contributed by atoms with Crippen molar-refractivity contribution in [1.82, 2.24) is 5.32 Å². The Hall–Kier alpha value is -1.14. The summed E-state index contributed by atoms with van der Waals surface area (Å²) in [7, 11) is 0. The van der Waals surface area contributed by atoms with E-state index in [1.165, 1.54) is 0 Å². The number of piperidine rings is 1. The van der Waals surface area contributed by atoms with Crippen molar-refractivity contribution in [1.29, 1.82) is 5.41 Å². The van der Waals surface area contributed by atoms with Gasteiger partial charge in [0.1, 0.15) is 6.04 Å². The van der Waals surface area contributed by atoms with Crippen molar-refractivity contribution >= 4 is 11.8 Å². The van der Waals surface area contributed by atoms with Gasteiger partial charge in [-0.1, -0.05) is 0 Å². The Morgan fingerprint density at radius 3 is 2.73 bits per heavy atom. The molecule has 7 N–H and O–H groups in total. The Bertz CT molecular complexity index is 261. The number of amidine groups is 1. The zero-order valence-electron chi connectivity index (χ0n) is 8.62. The molecular weight excluding hydrogens is 196 g/mol. The zero-order valence-corrected chi connectivity index (χ0v) is 8.62. The van der Waals surface area contributed by atoms with Crippen LogP contribution in [0.3, 0.4) is 0 Å². The first-order chi connectivity index (χ1) is 6.98. The molecule has 1 heterocycles. The molecule has 0 aromatic heterocycles. The summed E-state index contributed by atoms with van der Waals surface area (Å²) in [5, 5.41) is 19.4. The van der Waals surface area contributed by atoms with Crippen molar-refractivity contribution in [3.8, 4) is 0 Å². The Kier molecular flexibility index (Phi) is 3.65. The van der Waals surface area contributed by atoms with E-state index in [2.05, 4.69) is 5.32 Å². The smallest absolute Gasteiger partial charge is 0.320 e. The average Bonchev–Trinajstić information content (AvgIpc) is 2.18. The molecule has 1 aliphatic rings. The van der Waals surface area contributed by atoms with Crippen LogP contribution in [0, 0.1) is 10.8 Å². The summed E-state index contributed by atoms with van der Waals surface area (Å²) in [5.74, 6) is -1.01. The third-order valence-electron chi connectivity index (χ3n) is 2.97. The third-order valence-corrected chi connectivity index (χ3v) is 2.97. The molecule has 0 bridgehead atoms. The fourth-order valence-corrected chi connectivity index (χ4v) is 1.99. The maximum absolute atomic E-state index is 10.7. The Morgan fingerprint density at radius 1 is 1.67 bits per heavy atom. The molecule has 0 aromatic carbocycles. The molecule has 0 radical (unpaired) electrons. The van der Waals surface area contributed by atoms with Gasteiger partial charge in [0.05, 0.1) is 5.84 Å². The molecular formula is C9H18N4O2. The van der Waals surface area contributed by atoms with Gasteiger partial charge in [-0.15, -0.1) is 0 Å². The molecule has 86 valence electrons. The standard InChI is InChI=1S/C9H18N4O2/c10-6(7(14)15)4-9(8(11)12)2-1-3-13-5-9/h6,13H,1-5,10H2,(H3,11,12)(H,14,15)/t6-,9?/m0/s1. The average molecular weight is 214 g/mol. The van der Waals surface area contributed by atoms with Crippen LogP contribution < -0.4 is 16.8 Å². The van der Waals surface area contributed by atoms with Crippen molar-refractivity contribution in [3.63, 3.8) is 0 Å². The van der Waals surface area contributed by atoms with Gasteiger partial charge in [0.25, 0.3) is 0 Å². The van der Waals surface area contributed by atoms with Crippen LogP contribution in [-0.4, -0.2) is 36.0 Å². The first-order valence-corrected chi connectivity index (χ1v) is 5.01. The van der Waals surface area contributed by atoms with Crippen molar-refractivity contribution in [2.75, 3.05) is 13.1 Å². The molecule has 15 heavy (non-hydrogen) atoms. The monoisotopic (exact) mass is 214 g/mol. The molecule has 0 aliphatic carbocycles. The van der Waals surface area contributed by atoms with E-state index in [0.717, 1.165) is 19.4 Å². The van der Waals surface area contributed by atoms with Crippen molar-refractivity contribution < 1.29 is 9.90 Å². The third kappa shape index (κ3) is 2.66. The predicted molar refractivity (Wildman–Crippen MR) is 56.7 cm³/mol. The van der Waals surface area contributed by atoms with Gasteiger partial charge in [0.15, 0.2) is 0 Å². The Labute approximate surface area is 88.5 Å². The van der Waals surface area contributed by atoms with Crippen LogP contribution in [0.5, 0.6) is 0 Å². The van der Waals surface area contributed by atoms with E-state index in [-0.39, 0.29) is 12.3 Å². The highest BCUT2D eigenvalue weighted by Crippen LogP contribution is 2.31. The van der Waals surface area contributed by atoms with Crippen LogP contribution in [0.1, 0.15) is 19.3 Å². The maximum atomic E-state index is 10.7. The quantitative estimate of drug-likeness (QED) is 0.306. The number of hydrogen-bond donors (Lipinski definition) is 5. The van der Waals surface area contributed by atoms with Crippen LogP contribution in [-0.2, 0) is 4.79 Å². The number of aliphatic carboxylic acids is 1. The van der Waals surface area contributed by atoms with Crippen LogP contribution in [0.25, 0.3) is 0 Å². The van der Waals surface area contributed by atoms with Gasteiger partial charge in [-0.3, -0.25) is 10.2 Å². The largest absolute Gasteiger partial charge is 0.480 e. The minimum absolute atomic E-state index is 0.0337. The van der Waals surface area contributed by atoms with E-state index in [4.69, 9.17) is 22.0 Å². The van der Waals surface area contributed by atoms with Crippen molar-refractivity contribution in [2.24, 2.45) is 16.9 Å². The lowest BCUT2D eigenvalue weighted by molar-refractivity contribution is -0.139. The minimum Gasteiger partial charge on any atom is -0.480 e. The van der Waals surface area contributed by atoms with Crippen LogP contribution in [0.15, 0.2) is 0 Å². The Morgan fingerprint density at radius 2 is 2.33 bits per heavy atom. The summed E-state index contributed by atoms with van der Waals surface area (Å²) in [6.07, 6.45) is 1.85. The lowest BCUT2D eigenvalue weighted by atomic mass is 9.75. The molecule has 2 atom stereocenters. The molecule has 0 spiro atoms. The highest BCUT2D eigenvalue weighted by atomic mass is 16.4. The second-order valence-corrected chi connectivity index (χ2v) is 4.12. The number of nitrogens with one attached hydrogen (secondary N) is 2. The molecule has 1 aliphatic heterocycles. The molecule has 0 amide bonds. The number of carboxylic acids is 1. The molecule has 6 nitrogen and oxygen atoms in total. The lowest BCUT2D eigenvalue weighted by Gasteiger charge is -2.37. The van der Waals surface area contributed by atoms with Crippen molar-refractivity contribution in [2.45, 2.75) is 25.3 Å². The van der Waals surface area contributed by atoms with Crippen LogP contribution in [0.4, 0.5) is 0 Å². The maximum Gasteiger partial charge on any atom is 0.320 e. The number of nitrogens with two attached hydrogens (primary N) is 2. The minimum atomic E-state index is -1.04. The SMILES string of the molecule is N=C(N)C1(C[C@H](N)C(=O)O)CCCNC1. The lowest BCUT2D eigenvalue weighted by Crippen LogP contribution is -2.52. The van der Waals surface area contributed by atoms with E-state index in [1.807, 2.05) is 0 Å². The first-order valence-electron chi connectivity index (χ1n) is 5.01. The molecule has 1 unspecified atom stereocenters. The molecule has 1 fully saturated rings. The first kappa shape index (κ1) is 11.9. The molecule has 0 saturated carbocycles. The second-order valence-electron chi connectivity index (χ2n) is 4.12. The molecule has 0 aromatic rings. The summed E-state index contributed by atoms with van der Waals surface area (Å²) in [5.41, 5.74) is 10.5. The zero-order chi connectivity index (χ0) is 11.5. The van der Waals surface area contributed by atoms with Gasteiger partial charge >= 0.3 is 5.97 Å². The summed E-state index contributed by atoms with van der Waals surface area (Å²) in [6.45, 7) is 1.43. The predicted octanol–water partition coefficient (Wildman–Crippen LogP) is -0.906. The highest BCUT2D eigenvalue weighted by Gasteiger charge is 2.38. The summed E-state index contributed by atoms with van der Waals surface area (Å²) in [6, 6.07) is -0.950.